The molecule has 0 radical (unpaired) electrons. The number of amides is 1. The Labute approximate surface area is 183 Å². The van der Waals surface area contributed by atoms with Crippen LogP contribution in [0.4, 0.5) is 4.39 Å². The number of ether oxygens (including phenoxy) is 1. The molecule has 0 aliphatic carbocycles. The average Bonchev–Trinajstić information content (AvgIpc) is 2.77. The Morgan fingerprint density at radius 3 is 2.47 bits per heavy atom. The third-order valence-electron chi connectivity index (χ3n) is 4.18. The van der Waals surface area contributed by atoms with E-state index in [4.69, 9.17) is 4.74 Å². The molecule has 0 saturated heterocycles. The number of carbonyl (C=O) groups excluding carboxylic acids is 1. The zero-order chi connectivity index (χ0) is 21.3. The summed E-state index contributed by atoms with van der Waals surface area (Å²) in [5.74, 6) is 0.0168. The number of allylic oxidation sites excluding steroid dienone is 1. The molecule has 6 heteroatoms. The summed E-state index contributed by atoms with van der Waals surface area (Å²) < 4.78 is 20.4. The predicted molar refractivity (Wildman–Crippen MR) is 121 cm³/mol. The van der Waals surface area contributed by atoms with Crippen LogP contribution in [0.1, 0.15) is 28.4 Å². The number of hydrogen-bond acceptors (Lipinski definition) is 3. The highest BCUT2D eigenvalue weighted by Crippen LogP contribution is 2.16. The van der Waals surface area contributed by atoms with Crippen LogP contribution in [-0.2, 0) is 6.61 Å². The van der Waals surface area contributed by atoms with Crippen molar-refractivity contribution < 1.29 is 13.9 Å². The maximum absolute atomic E-state index is 13.6. The van der Waals surface area contributed by atoms with E-state index >= 15 is 0 Å². The smallest absolute Gasteiger partial charge is 0.271 e. The average molecular weight is 467 g/mol. The quantitative estimate of drug-likeness (QED) is 0.343. The van der Waals surface area contributed by atoms with Gasteiger partial charge in [0.15, 0.2) is 0 Å². The number of nitrogens with one attached hydrogen (secondary N) is 1. The normalized spacial score (nSPS) is 11.5. The molecule has 0 spiro atoms. The highest BCUT2D eigenvalue weighted by Gasteiger charge is 2.05. The molecule has 0 aromatic heterocycles. The second kappa shape index (κ2) is 10.5. The van der Waals surface area contributed by atoms with E-state index in [1.165, 1.54) is 6.07 Å². The molecular formula is C24H20BrFN2O2. The van der Waals surface area contributed by atoms with Crippen LogP contribution in [0.2, 0.25) is 0 Å². The first-order chi connectivity index (χ1) is 14.5. The first kappa shape index (κ1) is 21.5. The lowest BCUT2D eigenvalue weighted by Gasteiger charge is -2.07. The third-order valence-corrected chi connectivity index (χ3v) is 4.71. The Balaban J connectivity index is 1.53. The van der Waals surface area contributed by atoms with Crippen molar-refractivity contribution in [3.05, 3.63) is 106 Å². The summed E-state index contributed by atoms with van der Waals surface area (Å²) in [6.45, 7) is 2.16. The molecule has 30 heavy (non-hydrogen) atoms. The molecule has 0 unspecified atom stereocenters. The highest BCUT2D eigenvalue weighted by molar-refractivity contribution is 9.10. The van der Waals surface area contributed by atoms with Crippen molar-refractivity contribution >= 4 is 33.6 Å². The van der Waals surface area contributed by atoms with E-state index in [1.807, 2.05) is 24.3 Å². The van der Waals surface area contributed by atoms with Crippen LogP contribution in [0, 0.1) is 5.82 Å². The van der Waals surface area contributed by atoms with Crippen molar-refractivity contribution in [3.63, 3.8) is 0 Å². The molecule has 152 valence electrons. The van der Waals surface area contributed by atoms with Crippen LogP contribution in [0.3, 0.4) is 0 Å². The molecule has 0 aliphatic heterocycles. The van der Waals surface area contributed by atoms with E-state index in [0.29, 0.717) is 29.2 Å². The van der Waals surface area contributed by atoms with Crippen molar-refractivity contribution in [1.29, 1.82) is 0 Å². The molecule has 1 N–H and O–H groups in total. The molecule has 0 bridgehead atoms. The Bertz CT molecular complexity index is 1060. The number of halogens is 2. The first-order valence-electron chi connectivity index (χ1n) is 9.26. The SMILES string of the molecule is CC(/C=C\c1ccccc1F)=N/NC(=O)c1ccc(OCc2ccc(Br)cc2)cc1. The minimum absolute atomic E-state index is 0.312. The van der Waals surface area contributed by atoms with Gasteiger partial charge in [-0.25, -0.2) is 9.82 Å². The van der Waals surface area contributed by atoms with Gasteiger partial charge in [-0.3, -0.25) is 4.79 Å². The third kappa shape index (κ3) is 6.39. The molecule has 0 heterocycles. The summed E-state index contributed by atoms with van der Waals surface area (Å²) >= 11 is 3.40. The maximum atomic E-state index is 13.6. The van der Waals surface area contributed by atoms with Gasteiger partial charge in [0.1, 0.15) is 18.2 Å². The molecule has 3 rings (SSSR count). The number of carbonyl (C=O) groups is 1. The zero-order valence-corrected chi connectivity index (χ0v) is 17.9. The summed E-state index contributed by atoms with van der Waals surface area (Å²) in [7, 11) is 0. The van der Waals surface area contributed by atoms with Crippen LogP contribution >= 0.6 is 15.9 Å². The van der Waals surface area contributed by atoms with Gasteiger partial charge >= 0.3 is 0 Å². The van der Waals surface area contributed by atoms with Gasteiger partial charge in [-0.2, -0.15) is 5.10 Å². The summed E-state index contributed by atoms with van der Waals surface area (Å²) in [5, 5.41) is 4.02. The topological polar surface area (TPSA) is 50.7 Å². The molecule has 0 aliphatic rings. The van der Waals surface area contributed by atoms with Gasteiger partial charge in [0.05, 0.1) is 5.71 Å². The van der Waals surface area contributed by atoms with Crippen LogP contribution < -0.4 is 10.2 Å². The largest absolute Gasteiger partial charge is 0.489 e. The summed E-state index contributed by atoms with van der Waals surface area (Å²) in [6.07, 6.45) is 3.25. The molecule has 0 atom stereocenters. The van der Waals surface area contributed by atoms with Crippen molar-refractivity contribution in [3.8, 4) is 5.75 Å². The van der Waals surface area contributed by atoms with Gasteiger partial charge in [-0.15, -0.1) is 0 Å². The second-order valence-electron chi connectivity index (χ2n) is 6.49. The second-order valence-corrected chi connectivity index (χ2v) is 7.40. The first-order valence-corrected chi connectivity index (χ1v) is 10.0. The Kier molecular flexibility index (Phi) is 7.51. The lowest BCUT2D eigenvalue weighted by atomic mass is 10.2. The van der Waals surface area contributed by atoms with Gasteiger partial charge in [0.2, 0.25) is 0 Å². The standard InChI is InChI=1S/C24H20BrFN2O2/c1-17(6-9-19-4-2-3-5-23(19)26)27-28-24(29)20-10-14-22(15-11-20)30-16-18-7-12-21(25)13-8-18/h2-15H,16H2,1H3,(H,28,29)/b9-6-,27-17-. The van der Waals surface area contributed by atoms with Crippen molar-refractivity contribution in [2.24, 2.45) is 5.10 Å². The Hall–Kier alpha value is -3.25. The van der Waals surface area contributed by atoms with Gasteiger partial charge < -0.3 is 4.74 Å². The van der Waals surface area contributed by atoms with Gasteiger partial charge in [0.25, 0.3) is 5.91 Å². The lowest BCUT2D eigenvalue weighted by molar-refractivity contribution is 0.0955. The molecule has 1 amide bonds. The summed E-state index contributed by atoms with van der Waals surface area (Å²) in [5.41, 5.74) is 5.00. The minimum Gasteiger partial charge on any atom is -0.489 e. The van der Waals surface area contributed by atoms with Crippen LogP contribution in [0.5, 0.6) is 5.75 Å². The number of nitrogens with zero attached hydrogens (tertiary/aromatic N) is 1. The fourth-order valence-corrected chi connectivity index (χ4v) is 2.78. The van der Waals surface area contributed by atoms with Crippen LogP contribution in [-0.4, -0.2) is 11.6 Å². The van der Waals surface area contributed by atoms with Crippen LogP contribution in [0.25, 0.3) is 6.08 Å². The highest BCUT2D eigenvalue weighted by atomic mass is 79.9. The Morgan fingerprint density at radius 2 is 1.77 bits per heavy atom. The maximum Gasteiger partial charge on any atom is 0.271 e. The van der Waals surface area contributed by atoms with E-state index in [9.17, 15) is 9.18 Å². The minimum atomic E-state index is -0.340. The summed E-state index contributed by atoms with van der Waals surface area (Å²) in [4.78, 5) is 12.3. The van der Waals surface area contributed by atoms with Gasteiger partial charge in [-0.1, -0.05) is 52.3 Å². The van der Waals surface area contributed by atoms with E-state index in [2.05, 4.69) is 26.5 Å². The van der Waals surface area contributed by atoms with Gasteiger partial charge in [-0.05, 0) is 61.0 Å². The fraction of sp³-hybridized carbons (Fsp3) is 0.0833. The van der Waals surface area contributed by atoms with Crippen LogP contribution in [0.15, 0.2) is 88.4 Å². The molecule has 0 saturated carbocycles. The number of hydrogen-bond donors (Lipinski definition) is 1. The molecule has 0 fully saturated rings. The van der Waals surface area contributed by atoms with Crippen molar-refractivity contribution in [2.45, 2.75) is 13.5 Å². The molecule has 4 nitrogen and oxygen atoms in total. The number of benzene rings is 3. The zero-order valence-electron chi connectivity index (χ0n) is 16.3. The monoisotopic (exact) mass is 466 g/mol. The van der Waals surface area contributed by atoms with E-state index in [1.54, 1.807) is 61.5 Å². The van der Waals surface area contributed by atoms with Crippen molar-refractivity contribution in [2.75, 3.05) is 0 Å². The van der Waals surface area contributed by atoms with Crippen molar-refractivity contribution in [1.82, 2.24) is 5.43 Å². The lowest BCUT2D eigenvalue weighted by Crippen LogP contribution is -2.18. The summed E-state index contributed by atoms with van der Waals surface area (Å²) in [6, 6.07) is 21.1. The molecule has 3 aromatic rings. The predicted octanol–water partition coefficient (Wildman–Crippen LogP) is 5.99. The molecular weight excluding hydrogens is 447 g/mol. The Morgan fingerprint density at radius 1 is 1.07 bits per heavy atom. The number of rotatable bonds is 7. The van der Waals surface area contributed by atoms with E-state index < -0.39 is 0 Å². The van der Waals surface area contributed by atoms with E-state index in [0.717, 1.165) is 10.0 Å². The number of hydrazone groups is 1. The fourth-order valence-electron chi connectivity index (χ4n) is 2.51. The molecule has 3 aromatic carbocycles. The van der Waals surface area contributed by atoms with E-state index in [-0.39, 0.29) is 11.7 Å². The van der Waals surface area contributed by atoms with Gasteiger partial charge in [0, 0.05) is 15.6 Å².